The summed E-state index contributed by atoms with van der Waals surface area (Å²) in [5, 5.41) is -0.595. The van der Waals surface area contributed by atoms with Crippen LogP contribution >= 0.6 is 0 Å². The maximum Gasteiger partial charge on any atom is 0.160 e. The second kappa shape index (κ2) is 1.44. The molecule has 0 amide bonds. The van der Waals surface area contributed by atoms with E-state index in [0.717, 1.165) is 0 Å². The first-order valence-corrected chi connectivity index (χ1v) is 5.01. The quantitative estimate of drug-likeness (QED) is 0.485. The molecule has 1 aliphatic carbocycles. The Balaban J connectivity index is 2.31. The molecule has 4 heteroatoms. The van der Waals surface area contributed by atoms with E-state index in [-0.39, 0.29) is 23.4 Å². The van der Waals surface area contributed by atoms with Crippen LogP contribution < -0.4 is 0 Å². The summed E-state index contributed by atoms with van der Waals surface area (Å²) in [6.07, 6.45) is 0. The van der Waals surface area contributed by atoms with E-state index >= 15 is 0 Å². The van der Waals surface area contributed by atoms with E-state index in [1.54, 1.807) is 6.92 Å². The number of hydrogen-bond donors (Lipinski definition) is 0. The zero-order chi connectivity index (χ0) is 7.52. The molecule has 0 spiro atoms. The van der Waals surface area contributed by atoms with Crippen molar-refractivity contribution in [2.24, 2.45) is 11.8 Å². The summed E-state index contributed by atoms with van der Waals surface area (Å²) in [5.74, 6) is 0.340. The molecule has 2 aliphatic rings. The van der Waals surface area contributed by atoms with Gasteiger partial charge >= 0.3 is 0 Å². The average Bonchev–Trinajstić information content (AvgIpc) is 1.83. The van der Waals surface area contributed by atoms with Gasteiger partial charge in [0.1, 0.15) is 5.25 Å². The number of carbonyl (C=O) groups excluding carboxylic acids is 1. The fourth-order valence-corrected chi connectivity index (χ4v) is 4.05. The molecule has 1 aliphatic heterocycles. The van der Waals surface area contributed by atoms with Crippen LogP contribution in [0.1, 0.15) is 6.92 Å². The van der Waals surface area contributed by atoms with E-state index in [9.17, 15) is 13.2 Å². The highest BCUT2D eigenvalue weighted by Crippen LogP contribution is 2.45. The van der Waals surface area contributed by atoms with Crippen molar-refractivity contribution in [1.82, 2.24) is 0 Å². The van der Waals surface area contributed by atoms with Crippen LogP contribution in [0.2, 0.25) is 0 Å². The maximum absolute atomic E-state index is 10.9. The molecule has 0 bridgehead atoms. The second-order valence-electron chi connectivity index (χ2n) is 3.11. The molecule has 10 heavy (non-hydrogen) atoms. The fourth-order valence-electron chi connectivity index (χ4n) is 1.75. The van der Waals surface area contributed by atoms with Crippen molar-refractivity contribution in [1.29, 1.82) is 0 Å². The van der Waals surface area contributed by atoms with E-state index in [2.05, 4.69) is 0 Å². The van der Waals surface area contributed by atoms with E-state index in [1.807, 2.05) is 0 Å². The summed E-state index contributed by atoms with van der Waals surface area (Å²) < 4.78 is 21.6. The minimum atomic E-state index is -2.95. The van der Waals surface area contributed by atoms with Gasteiger partial charge in [-0.05, 0) is 0 Å². The molecule has 1 heterocycles. The molecule has 1 saturated heterocycles. The third-order valence-electron chi connectivity index (χ3n) is 2.57. The highest BCUT2D eigenvalue weighted by molar-refractivity contribution is 7.94. The Morgan fingerprint density at radius 1 is 1.50 bits per heavy atom. The lowest BCUT2D eigenvalue weighted by atomic mass is 9.73. The molecular weight excluding hydrogens is 152 g/mol. The van der Waals surface area contributed by atoms with Crippen molar-refractivity contribution >= 4 is 15.6 Å². The average molecular weight is 160 g/mol. The number of Topliss-reactive ketones (excluding diaryl/α,β-unsaturated/α-hetero) is 1. The molecule has 3 atom stereocenters. The van der Waals surface area contributed by atoms with Gasteiger partial charge in [0.15, 0.2) is 15.6 Å². The first-order chi connectivity index (χ1) is 4.54. The summed E-state index contributed by atoms with van der Waals surface area (Å²) in [6.45, 7) is 1.80. The van der Waals surface area contributed by atoms with Crippen molar-refractivity contribution in [2.45, 2.75) is 12.2 Å². The predicted octanol–water partition coefficient (Wildman–Crippen LogP) is -0.382. The first kappa shape index (κ1) is 6.34. The first-order valence-electron chi connectivity index (χ1n) is 3.29. The van der Waals surface area contributed by atoms with Crippen molar-refractivity contribution in [3.63, 3.8) is 0 Å². The van der Waals surface area contributed by atoms with Gasteiger partial charge in [0.25, 0.3) is 0 Å². The highest BCUT2D eigenvalue weighted by atomic mass is 32.2. The van der Waals surface area contributed by atoms with E-state index < -0.39 is 15.1 Å². The van der Waals surface area contributed by atoms with Crippen LogP contribution in [0.25, 0.3) is 0 Å². The van der Waals surface area contributed by atoms with Crippen LogP contribution in [-0.4, -0.2) is 25.2 Å². The normalized spacial score (nSPS) is 48.9. The standard InChI is InChI=1S/C6H8O3S/c1-3-4-2-10(8,9)6(4)5(3)7/h3-4,6H,2H2,1H3/t3-,4+,6-/m0/s1. The van der Waals surface area contributed by atoms with Crippen LogP contribution in [0.15, 0.2) is 0 Å². The summed E-state index contributed by atoms with van der Waals surface area (Å²) in [5.41, 5.74) is 0. The fraction of sp³-hybridized carbons (Fsp3) is 0.833. The zero-order valence-electron chi connectivity index (χ0n) is 5.57. The Morgan fingerprint density at radius 2 is 2.10 bits per heavy atom. The Bertz CT molecular complexity index is 290. The van der Waals surface area contributed by atoms with Gasteiger partial charge in [-0.25, -0.2) is 8.42 Å². The van der Waals surface area contributed by atoms with Gasteiger partial charge in [0.2, 0.25) is 0 Å². The Morgan fingerprint density at radius 3 is 2.40 bits per heavy atom. The summed E-state index contributed by atoms with van der Waals surface area (Å²) in [7, 11) is -2.95. The van der Waals surface area contributed by atoms with Crippen LogP contribution in [0.4, 0.5) is 0 Å². The Labute approximate surface area is 59.3 Å². The van der Waals surface area contributed by atoms with E-state index in [0.29, 0.717) is 0 Å². The van der Waals surface area contributed by atoms with Gasteiger partial charge in [-0.15, -0.1) is 0 Å². The lowest BCUT2D eigenvalue weighted by Gasteiger charge is -2.48. The van der Waals surface area contributed by atoms with E-state index in [1.165, 1.54) is 0 Å². The van der Waals surface area contributed by atoms with E-state index in [4.69, 9.17) is 0 Å². The lowest BCUT2D eigenvalue weighted by molar-refractivity contribution is -0.132. The molecule has 3 nitrogen and oxygen atoms in total. The number of carbonyl (C=O) groups is 1. The molecule has 0 radical (unpaired) electrons. The molecule has 0 aromatic carbocycles. The predicted molar refractivity (Wildman–Crippen MR) is 35.2 cm³/mol. The maximum atomic E-state index is 10.9. The largest absolute Gasteiger partial charge is 0.298 e. The lowest BCUT2D eigenvalue weighted by Crippen LogP contribution is -2.66. The van der Waals surface area contributed by atoms with Crippen molar-refractivity contribution < 1.29 is 13.2 Å². The van der Waals surface area contributed by atoms with Gasteiger partial charge in [0.05, 0.1) is 5.75 Å². The van der Waals surface area contributed by atoms with Crippen LogP contribution in [-0.2, 0) is 14.6 Å². The number of hydrogen-bond acceptors (Lipinski definition) is 3. The molecule has 56 valence electrons. The molecule has 2 fully saturated rings. The number of rotatable bonds is 0. The monoisotopic (exact) mass is 160 g/mol. The van der Waals surface area contributed by atoms with Crippen LogP contribution in [0.5, 0.6) is 0 Å². The van der Waals surface area contributed by atoms with Gasteiger partial charge in [-0.1, -0.05) is 6.92 Å². The Kier molecular flexibility index (Phi) is 0.915. The topological polar surface area (TPSA) is 51.2 Å². The van der Waals surface area contributed by atoms with Gasteiger partial charge in [-0.2, -0.15) is 0 Å². The minimum Gasteiger partial charge on any atom is -0.298 e. The molecule has 0 N–H and O–H groups in total. The number of ketones is 1. The van der Waals surface area contributed by atoms with Crippen molar-refractivity contribution in [3.05, 3.63) is 0 Å². The third kappa shape index (κ3) is 0.471. The SMILES string of the molecule is C[C@@H]1C(=O)[C@@H]2[C@@H]1CS2(=O)=O. The minimum absolute atomic E-state index is 0.00789. The Hall–Kier alpha value is -0.380. The third-order valence-corrected chi connectivity index (χ3v) is 4.78. The second-order valence-corrected chi connectivity index (χ2v) is 5.27. The van der Waals surface area contributed by atoms with Crippen LogP contribution in [0, 0.1) is 11.8 Å². The molecule has 0 unspecified atom stereocenters. The van der Waals surface area contributed by atoms with Gasteiger partial charge in [-0.3, -0.25) is 4.79 Å². The van der Waals surface area contributed by atoms with Gasteiger partial charge in [0, 0.05) is 11.8 Å². The molecule has 2 rings (SSSR count). The summed E-state index contributed by atoms with van der Waals surface area (Å²) >= 11 is 0. The van der Waals surface area contributed by atoms with Crippen LogP contribution in [0.3, 0.4) is 0 Å². The van der Waals surface area contributed by atoms with Crippen molar-refractivity contribution in [2.75, 3.05) is 5.75 Å². The van der Waals surface area contributed by atoms with Gasteiger partial charge < -0.3 is 0 Å². The molecule has 0 aromatic heterocycles. The smallest absolute Gasteiger partial charge is 0.160 e. The number of sulfone groups is 1. The number of fused-ring (bicyclic) bond motifs is 1. The zero-order valence-corrected chi connectivity index (χ0v) is 6.39. The highest BCUT2D eigenvalue weighted by Gasteiger charge is 2.62. The summed E-state index contributed by atoms with van der Waals surface area (Å²) in [4.78, 5) is 10.9. The molecule has 0 aromatic rings. The van der Waals surface area contributed by atoms with Crippen molar-refractivity contribution in [3.8, 4) is 0 Å². The summed E-state index contributed by atoms with van der Waals surface area (Å²) in [6, 6.07) is 0. The molecule has 1 saturated carbocycles. The molecular formula is C6H8O3S.